The standard InChI is InChI=1S/C18H24N4O3/c1-12-18(13(2)25-21-12)11-22-7-5-17(10-22)24-16-4-6-19-15(8-16)9-20-14(3)23/h4,6,8,17H,5,7,9-11H2,1-3H3,(H,20,23). The van der Waals surface area contributed by atoms with Crippen LogP contribution in [-0.4, -0.2) is 40.1 Å². The summed E-state index contributed by atoms with van der Waals surface area (Å²) >= 11 is 0. The minimum absolute atomic E-state index is 0.0705. The summed E-state index contributed by atoms with van der Waals surface area (Å²) in [6, 6.07) is 3.74. The van der Waals surface area contributed by atoms with Gasteiger partial charge in [0.25, 0.3) is 0 Å². The fourth-order valence-corrected chi connectivity index (χ4v) is 3.02. The number of hydrogen-bond acceptors (Lipinski definition) is 6. The molecule has 1 aliphatic heterocycles. The van der Waals surface area contributed by atoms with Crippen molar-refractivity contribution in [2.45, 2.75) is 46.4 Å². The third-order valence-electron chi connectivity index (χ3n) is 4.40. The monoisotopic (exact) mass is 344 g/mol. The summed E-state index contributed by atoms with van der Waals surface area (Å²) in [6.07, 6.45) is 2.84. The fraction of sp³-hybridized carbons (Fsp3) is 0.500. The van der Waals surface area contributed by atoms with Crippen LogP contribution in [0.1, 0.15) is 36.1 Å². The number of pyridine rings is 1. The highest BCUT2D eigenvalue weighted by Gasteiger charge is 2.25. The molecule has 1 unspecified atom stereocenters. The third kappa shape index (κ3) is 4.57. The van der Waals surface area contributed by atoms with Gasteiger partial charge in [0.15, 0.2) is 0 Å². The molecule has 0 aromatic carbocycles. The average molecular weight is 344 g/mol. The zero-order chi connectivity index (χ0) is 17.8. The smallest absolute Gasteiger partial charge is 0.217 e. The second-order valence-corrected chi connectivity index (χ2v) is 6.46. The predicted octanol–water partition coefficient (Wildman–Crippen LogP) is 1.98. The molecule has 7 heteroatoms. The van der Waals surface area contributed by atoms with E-state index >= 15 is 0 Å². The van der Waals surface area contributed by atoms with Gasteiger partial charge in [-0.3, -0.25) is 14.7 Å². The molecule has 0 aliphatic carbocycles. The van der Waals surface area contributed by atoms with E-state index in [-0.39, 0.29) is 12.0 Å². The van der Waals surface area contributed by atoms with Crippen molar-refractivity contribution in [3.63, 3.8) is 0 Å². The van der Waals surface area contributed by atoms with Crippen LogP contribution in [0, 0.1) is 13.8 Å². The summed E-state index contributed by atoms with van der Waals surface area (Å²) in [7, 11) is 0. The number of likely N-dealkylation sites (tertiary alicyclic amines) is 1. The van der Waals surface area contributed by atoms with E-state index in [1.165, 1.54) is 12.5 Å². The highest BCUT2D eigenvalue weighted by Crippen LogP contribution is 2.22. The van der Waals surface area contributed by atoms with Gasteiger partial charge in [0.1, 0.15) is 17.6 Å². The lowest BCUT2D eigenvalue weighted by atomic mass is 10.2. The Morgan fingerprint density at radius 1 is 1.48 bits per heavy atom. The summed E-state index contributed by atoms with van der Waals surface area (Å²) < 4.78 is 11.3. The van der Waals surface area contributed by atoms with Gasteiger partial charge >= 0.3 is 0 Å². The first-order valence-corrected chi connectivity index (χ1v) is 8.51. The molecule has 1 amide bonds. The molecule has 134 valence electrons. The number of carbonyl (C=O) groups excluding carboxylic acids is 1. The topological polar surface area (TPSA) is 80.5 Å². The lowest BCUT2D eigenvalue weighted by Gasteiger charge is -2.17. The van der Waals surface area contributed by atoms with Crippen LogP contribution in [0.2, 0.25) is 0 Å². The van der Waals surface area contributed by atoms with Gasteiger partial charge in [-0.2, -0.15) is 0 Å². The predicted molar refractivity (Wildman–Crippen MR) is 92.0 cm³/mol. The zero-order valence-corrected chi connectivity index (χ0v) is 14.9. The molecule has 3 heterocycles. The minimum atomic E-state index is -0.0705. The Balaban J connectivity index is 1.54. The number of aromatic nitrogens is 2. The molecule has 0 bridgehead atoms. The molecule has 2 aromatic rings. The molecule has 7 nitrogen and oxygen atoms in total. The van der Waals surface area contributed by atoms with Crippen molar-refractivity contribution in [3.8, 4) is 5.75 Å². The lowest BCUT2D eigenvalue weighted by Crippen LogP contribution is -2.25. The van der Waals surface area contributed by atoms with Crippen LogP contribution in [-0.2, 0) is 17.9 Å². The van der Waals surface area contributed by atoms with E-state index in [0.29, 0.717) is 6.54 Å². The van der Waals surface area contributed by atoms with E-state index in [0.717, 1.165) is 49.0 Å². The van der Waals surface area contributed by atoms with E-state index < -0.39 is 0 Å². The summed E-state index contributed by atoms with van der Waals surface area (Å²) in [5, 5.41) is 6.76. The van der Waals surface area contributed by atoms with Gasteiger partial charge < -0.3 is 14.6 Å². The first-order chi connectivity index (χ1) is 12.0. The Kier molecular flexibility index (Phi) is 5.33. The van der Waals surface area contributed by atoms with E-state index in [1.807, 2.05) is 26.0 Å². The van der Waals surface area contributed by atoms with Crippen LogP contribution in [0.3, 0.4) is 0 Å². The molecule has 25 heavy (non-hydrogen) atoms. The van der Waals surface area contributed by atoms with E-state index in [1.54, 1.807) is 6.20 Å². The van der Waals surface area contributed by atoms with Crippen molar-refractivity contribution in [1.29, 1.82) is 0 Å². The molecule has 1 atom stereocenters. The van der Waals surface area contributed by atoms with Gasteiger partial charge in [0.2, 0.25) is 5.91 Å². The number of hydrogen-bond donors (Lipinski definition) is 1. The zero-order valence-electron chi connectivity index (χ0n) is 14.9. The Morgan fingerprint density at radius 2 is 2.32 bits per heavy atom. The number of ether oxygens (including phenoxy) is 1. The van der Waals surface area contributed by atoms with E-state index in [9.17, 15) is 4.79 Å². The van der Waals surface area contributed by atoms with Crippen LogP contribution >= 0.6 is 0 Å². The molecule has 0 saturated carbocycles. The Bertz CT molecular complexity index is 724. The quantitative estimate of drug-likeness (QED) is 0.863. The number of amides is 1. The second-order valence-electron chi connectivity index (χ2n) is 6.46. The van der Waals surface area contributed by atoms with Crippen LogP contribution in [0.4, 0.5) is 0 Å². The molecule has 0 radical (unpaired) electrons. The number of nitrogens with zero attached hydrogens (tertiary/aromatic N) is 3. The van der Waals surface area contributed by atoms with Crippen molar-refractivity contribution < 1.29 is 14.1 Å². The highest BCUT2D eigenvalue weighted by atomic mass is 16.5. The number of rotatable bonds is 6. The van der Waals surface area contributed by atoms with Crippen LogP contribution < -0.4 is 10.1 Å². The van der Waals surface area contributed by atoms with E-state index in [4.69, 9.17) is 9.26 Å². The molecule has 1 aliphatic rings. The number of nitrogens with one attached hydrogen (secondary N) is 1. The van der Waals surface area contributed by atoms with Crippen LogP contribution in [0.15, 0.2) is 22.9 Å². The van der Waals surface area contributed by atoms with Crippen molar-refractivity contribution in [2.24, 2.45) is 0 Å². The van der Waals surface area contributed by atoms with Crippen molar-refractivity contribution in [2.75, 3.05) is 13.1 Å². The van der Waals surface area contributed by atoms with Crippen LogP contribution in [0.5, 0.6) is 5.75 Å². The molecule has 2 aromatic heterocycles. The maximum absolute atomic E-state index is 11.0. The lowest BCUT2D eigenvalue weighted by molar-refractivity contribution is -0.119. The Labute approximate surface area is 147 Å². The van der Waals surface area contributed by atoms with Crippen molar-refractivity contribution in [3.05, 3.63) is 41.0 Å². The molecule has 0 spiro atoms. The molecule has 1 saturated heterocycles. The van der Waals surface area contributed by atoms with E-state index in [2.05, 4.69) is 20.4 Å². The van der Waals surface area contributed by atoms with Crippen molar-refractivity contribution >= 4 is 5.91 Å². The molecule has 3 rings (SSSR count). The van der Waals surface area contributed by atoms with Crippen molar-refractivity contribution in [1.82, 2.24) is 20.4 Å². The maximum atomic E-state index is 11.0. The second kappa shape index (κ2) is 7.65. The Morgan fingerprint density at radius 3 is 3.04 bits per heavy atom. The fourth-order valence-electron chi connectivity index (χ4n) is 3.02. The van der Waals surface area contributed by atoms with Gasteiger partial charge in [-0.1, -0.05) is 5.16 Å². The summed E-state index contributed by atoms with van der Waals surface area (Å²) in [5.41, 5.74) is 2.92. The summed E-state index contributed by atoms with van der Waals surface area (Å²) in [6.45, 7) is 8.52. The summed E-state index contributed by atoms with van der Waals surface area (Å²) in [5.74, 6) is 1.61. The number of carbonyl (C=O) groups is 1. The highest BCUT2D eigenvalue weighted by molar-refractivity contribution is 5.72. The van der Waals surface area contributed by atoms with Gasteiger partial charge in [0.05, 0.1) is 17.9 Å². The summed E-state index contributed by atoms with van der Waals surface area (Å²) in [4.78, 5) is 17.6. The minimum Gasteiger partial charge on any atom is -0.489 e. The van der Waals surface area contributed by atoms with Gasteiger partial charge in [-0.15, -0.1) is 0 Å². The first kappa shape index (κ1) is 17.4. The first-order valence-electron chi connectivity index (χ1n) is 8.51. The molecule has 1 N–H and O–H groups in total. The van der Waals surface area contributed by atoms with Gasteiger partial charge in [0, 0.05) is 44.4 Å². The Hall–Kier alpha value is -2.41. The third-order valence-corrected chi connectivity index (χ3v) is 4.40. The molecular weight excluding hydrogens is 320 g/mol. The maximum Gasteiger partial charge on any atom is 0.217 e. The average Bonchev–Trinajstić information content (AvgIpc) is 3.15. The SMILES string of the molecule is CC(=O)NCc1cc(OC2CCN(Cc3c(C)noc3C)C2)ccn1. The molecular formula is C18H24N4O3. The van der Waals surface area contributed by atoms with Gasteiger partial charge in [-0.05, 0) is 26.3 Å². The number of aryl methyl sites for hydroxylation is 2. The molecule has 1 fully saturated rings. The van der Waals surface area contributed by atoms with Crippen LogP contribution in [0.25, 0.3) is 0 Å². The largest absolute Gasteiger partial charge is 0.489 e. The van der Waals surface area contributed by atoms with Gasteiger partial charge in [-0.25, -0.2) is 0 Å². The normalized spacial score (nSPS) is 17.6.